The number of ether oxygens (including phenoxy) is 1. The standard InChI is InChI=1S/C25H27N3O6/c1-15(23(30)28-12-6-11-21(28)24(31)32)27-22(29)13-26-25(33)34-14-20-18-9-4-2-7-16(18)17-8-3-5-10-19(17)20/h2-5,7-10,15,20-21H,6,11-14H2,1H3,(H,26,33)(H,27,29)(H,31,32)/t15-,21-/m0/s1. The second-order valence-corrected chi connectivity index (χ2v) is 8.50. The van der Waals surface area contributed by atoms with Crippen molar-refractivity contribution in [3.05, 3.63) is 59.7 Å². The van der Waals surface area contributed by atoms with Crippen LogP contribution in [-0.4, -0.2) is 65.7 Å². The number of nitrogens with one attached hydrogen (secondary N) is 2. The van der Waals surface area contributed by atoms with Crippen molar-refractivity contribution in [3.63, 3.8) is 0 Å². The molecule has 34 heavy (non-hydrogen) atoms. The van der Waals surface area contributed by atoms with Crippen molar-refractivity contribution in [1.82, 2.24) is 15.5 Å². The molecule has 1 heterocycles. The van der Waals surface area contributed by atoms with Crippen LogP contribution in [0.15, 0.2) is 48.5 Å². The van der Waals surface area contributed by atoms with Crippen LogP contribution >= 0.6 is 0 Å². The molecular formula is C25H27N3O6. The van der Waals surface area contributed by atoms with Crippen molar-refractivity contribution in [2.75, 3.05) is 19.7 Å². The van der Waals surface area contributed by atoms with E-state index in [1.54, 1.807) is 0 Å². The normalized spacial score (nSPS) is 17.4. The van der Waals surface area contributed by atoms with Gasteiger partial charge >= 0.3 is 12.1 Å². The van der Waals surface area contributed by atoms with Crippen LogP contribution in [0.3, 0.4) is 0 Å². The van der Waals surface area contributed by atoms with E-state index in [-0.39, 0.29) is 19.1 Å². The highest BCUT2D eigenvalue weighted by atomic mass is 16.5. The van der Waals surface area contributed by atoms with Crippen LogP contribution < -0.4 is 10.6 Å². The molecule has 2 aromatic carbocycles. The number of rotatable bonds is 7. The van der Waals surface area contributed by atoms with E-state index in [0.29, 0.717) is 19.4 Å². The van der Waals surface area contributed by atoms with Gasteiger partial charge < -0.3 is 25.4 Å². The van der Waals surface area contributed by atoms with Crippen LogP contribution in [0.5, 0.6) is 0 Å². The molecule has 1 fully saturated rings. The number of hydrogen-bond donors (Lipinski definition) is 3. The summed E-state index contributed by atoms with van der Waals surface area (Å²) in [4.78, 5) is 49.5. The molecule has 2 aliphatic rings. The summed E-state index contributed by atoms with van der Waals surface area (Å²) in [6, 6.07) is 14.2. The largest absolute Gasteiger partial charge is 0.480 e. The average Bonchev–Trinajstić information content (AvgIpc) is 3.44. The molecule has 2 aromatic rings. The average molecular weight is 466 g/mol. The summed E-state index contributed by atoms with van der Waals surface area (Å²) >= 11 is 0. The van der Waals surface area contributed by atoms with E-state index in [2.05, 4.69) is 10.6 Å². The SMILES string of the molecule is C[C@H](NC(=O)CNC(=O)OCC1c2ccccc2-c2ccccc21)C(=O)N1CCC[C@H]1C(=O)O. The maximum atomic E-state index is 12.5. The summed E-state index contributed by atoms with van der Waals surface area (Å²) in [5.74, 6) is -2.17. The zero-order chi connectivity index (χ0) is 24.2. The zero-order valence-corrected chi connectivity index (χ0v) is 18.8. The lowest BCUT2D eigenvalue weighted by atomic mass is 9.98. The third kappa shape index (κ3) is 4.73. The second-order valence-electron chi connectivity index (χ2n) is 8.50. The topological polar surface area (TPSA) is 125 Å². The minimum absolute atomic E-state index is 0.0905. The molecule has 0 saturated carbocycles. The predicted molar refractivity (Wildman–Crippen MR) is 123 cm³/mol. The van der Waals surface area contributed by atoms with E-state index in [1.807, 2.05) is 48.5 Å². The molecule has 0 aromatic heterocycles. The molecule has 178 valence electrons. The summed E-state index contributed by atoms with van der Waals surface area (Å²) in [7, 11) is 0. The van der Waals surface area contributed by atoms with Crippen LogP contribution in [0, 0.1) is 0 Å². The monoisotopic (exact) mass is 465 g/mol. The Morgan fingerprint density at radius 3 is 2.29 bits per heavy atom. The molecule has 1 aliphatic heterocycles. The number of nitrogens with zero attached hydrogens (tertiary/aromatic N) is 1. The van der Waals surface area contributed by atoms with E-state index in [4.69, 9.17) is 4.74 Å². The molecule has 0 radical (unpaired) electrons. The predicted octanol–water partition coefficient (Wildman–Crippen LogP) is 2.11. The molecule has 4 rings (SSSR count). The molecule has 9 heteroatoms. The maximum Gasteiger partial charge on any atom is 0.407 e. The summed E-state index contributed by atoms with van der Waals surface area (Å²) in [6.45, 7) is 1.59. The molecule has 0 bridgehead atoms. The van der Waals surface area contributed by atoms with E-state index in [9.17, 15) is 24.3 Å². The number of carboxylic acid groups (broad SMARTS) is 1. The molecular weight excluding hydrogens is 438 g/mol. The lowest BCUT2D eigenvalue weighted by Gasteiger charge is -2.25. The highest BCUT2D eigenvalue weighted by Gasteiger charge is 2.36. The van der Waals surface area contributed by atoms with Crippen molar-refractivity contribution in [2.45, 2.75) is 37.8 Å². The Labute approximate surface area is 197 Å². The van der Waals surface area contributed by atoms with Gasteiger partial charge in [0.1, 0.15) is 25.2 Å². The van der Waals surface area contributed by atoms with E-state index < -0.39 is 36.0 Å². The number of alkyl carbamates (subject to hydrolysis) is 1. The van der Waals surface area contributed by atoms with E-state index >= 15 is 0 Å². The fraction of sp³-hybridized carbons (Fsp3) is 0.360. The van der Waals surface area contributed by atoms with Gasteiger partial charge in [0.15, 0.2) is 0 Å². The molecule has 3 N–H and O–H groups in total. The molecule has 0 spiro atoms. The van der Waals surface area contributed by atoms with Gasteiger partial charge in [-0.25, -0.2) is 9.59 Å². The molecule has 1 aliphatic carbocycles. The summed E-state index contributed by atoms with van der Waals surface area (Å²) < 4.78 is 5.39. The summed E-state index contributed by atoms with van der Waals surface area (Å²) in [5.41, 5.74) is 4.41. The number of fused-ring (bicyclic) bond motifs is 3. The van der Waals surface area contributed by atoms with Crippen LogP contribution in [0.1, 0.15) is 36.8 Å². The fourth-order valence-electron chi connectivity index (χ4n) is 4.69. The number of benzene rings is 2. The zero-order valence-electron chi connectivity index (χ0n) is 18.8. The number of amides is 3. The number of aliphatic carboxylic acids is 1. The van der Waals surface area contributed by atoms with Crippen molar-refractivity contribution in [1.29, 1.82) is 0 Å². The number of likely N-dealkylation sites (tertiary alicyclic amines) is 1. The van der Waals surface area contributed by atoms with Gasteiger partial charge in [-0.05, 0) is 42.0 Å². The highest BCUT2D eigenvalue weighted by molar-refractivity contribution is 5.91. The lowest BCUT2D eigenvalue weighted by Crippen LogP contribution is -2.51. The minimum Gasteiger partial charge on any atom is -0.480 e. The Balaban J connectivity index is 1.26. The first-order valence-electron chi connectivity index (χ1n) is 11.3. The molecule has 9 nitrogen and oxygen atoms in total. The van der Waals surface area contributed by atoms with Crippen LogP contribution in [-0.2, 0) is 19.1 Å². The minimum atomic E-state index is -1.05. The number of carboxylic acids is 1. The van der Waals surface area contributed by atoms with Crippen molar-refractivity contribution in [2.24, 2.45) is 0 Å². The van der Waals surface area contributed by atoms with Crippen LogP contribution in [0.2, 0.25) is 0 Å². The second kappa shape index (κ2) is 9.94. The van der Waals surface area contributed by atoms with Gasteiger partial charge in [-0.3, -0.25) is 9.59 Å². The molecule has 3 amide bonds. The Kier molecular flexibility index (Phi) is 6.81. The Hall–Kier alpha value is -3.88. The van der Waals surface area contributed by atoms with Crippen molar-refractivity contribution < 1.29 is 29.0 Å². The summed E-state index contributed by atoms with van der Waals surface area (Å²) in [5, 5.41) is 14.1. The third-order valence-electron chi connectivity index (χ3n) is 6.31. The van der Waals surface area contributed by atoms with Gasteiger partial charge in [0, 0.05) is 12.5 Å². The number of hydrogen-bond acceptors (Lipinski definition) is 5. The summed E-state index contributed by atoms with van der Waals surface area (Å²) in [6.07, 6.45) is 0.263. The first kappa shape index (κ1) is 23.3. The van der Waals surface area contributed by atoms with E-state index in [0.717, 1.165) is 22.3 Å². The van der Waals surface area contributed by atoms with Crippen molar-refractivity contribution >= 4 is 23.9 Å². The lowest BCUT2D eigenvalue weighted by molar-refractivity contribution is -0.149. The third-order valence-corrected chi connectivity index (χ3v) is 6.31. The first-order chi connectivity index (χ1) is 16.4. The van der Waals surface area contributed by atoms with Gasteiger partial charge in [-0.1, -0.05) is 48.5 Å². The van der Waals surface area contributed by atoms with Gasteiger partial charge in [-0.15, -0.1) is 0 Å². The Bertz CT molecular complexity index is 1070. The number of carbonyl (C=O) groups excluding carboxylic acids is 3. The quantitative estimate of drug-likeness (QED) is 0.575. The Morgan fingerprint density at radius 2 is 1.68 bits per heavy atom. The van der Waals surface area contributed by atoms with Crippen LogP contribution in [0.4, 0.5) is 4.79 Å². The number of carbonyl (C=O) groups is 4. The molecule has 0 unspecified atom stereocenters. The van der Waals surface area contributed by atoms with Crippen molar-refractivity contribution in [3.8, 4) is 11.1 Å². The highest BCUT2D eigenvalue weighted by Crippen LogP contribution is 2.44. The van der Waals surface area contributed by atoms with Gasteiger partial charge in [0.05, 0.1) is 0 Å². The fourth-order valence-corrected chi connectivity index (χ4v) is 4.69. The molecule has 1 saturated heterocycles. The van der Waals surface area contributed by atoms with Gasteiger partial charge in [0.25, 0.3) is 0 Å². The smallest absolute Gasteiger partial charge is 0.407 e. The van der Waals surface area contributed by atoms with E-state index in [1.165, 1.54) is 11.8 Å². The first-order valence-corrected chi connectivity index (χ1v) is 11.3. The molecule has 2 atom stereocenters. The van der Waals surface area contributed by atoms with Gasteiger partial charge in [0.2, 0.25) is 11.8 Å². The Morgan fingerprint density at radius 1 is 1.06 bits per heavy atom. The van der Waals surface area contributed by atoms with Gasteiger partial charge in [-0.2, -0.15) is 0 Å². The van der Waals surface area contributed by atoms with Crippen LogP contribution in [0.25, 0.3) is 11.1 Å². The maximum absolute atomic E-state index is 12.5.